The van der Waals surface area contributed by atoms with Crippen molar-refractivity contribution in [2.75, 3.05) is 0 Å². The average Bonchev–Trinajstić information content (AvgIpc) is 2.49. The Kier molecular flexibility index (Phi) is 3.48. The summed E-state index contributed by atoms with van der Waals surface area (Å²) >= 11 is 5.94. The molecule has 0 N–H and O–H groups in total. The van der Waals surface area contributed by atoms with Gasteiger partial charge < -0.3 is 0 Å². The van der Waals surface area contributed by atoms with Crippen molar-refractivity contribution in [1.29, 1.82) is 0 Å². The minimum Gasteiger partial charge on any atom is -0.233 e. The van der Waals surface area contributed by atoms with Crippen molar-refractivity contribution in [2.24, 2.45) is 0 Å². The Morgan fingerprint density at radius 1 is 0.950 bits per heavy atom. The van der Waals surface area contributed by atoms with Gasteiger partial charge in [-0.3, -0.25) is 0 Å². The maximum Gasteiger partial charge on any atom is 0.198 e. The minimum atomic E-state index is 0.717. The summed E-state index contributed by atoms with van der Waals surface area (Å²) in [5.41, 5.74) is 5.18. The van der Waals surface area contributed by atoms with Crippen LogP contribution in [-0.2, 0) is 0 Å². The molecular formula is C17H12ClN2. The third-order valence-electron chi connectivity index (χ3n) is 3.22. The van der Waals surface area contributed by atoms with Gasteiger partial charge in [0.1, 0.15) is 0 Å². The van der Waals surface area contributed by atoms with Crippen molar-refractivity contribution in [3.8, 4) is 22.4 Å². The Hall–Kier alpha value is -2.19. The van der Waals surface area contributed by atoms with Crippen molar-refractivity contribution in [3.63, 3.8) is 0 Å². The molecule has 0 amide bonds. The standard InChI is InChI=1S/C17H12ClN2/c1-12-4-2-3-5-15(12)17-16(10-19-11-20-17)13-6-8-14(18)9-7-13/h2-10H,1H3. The predicted molar refractivity (Wildman–Crippen MR) is 81.5 cm³/mol. The van der Waals surface area contributed by atoms with E-state index in [-0.39, 0.29) is 0 Å². The summed E-state index contributed by atoms with van der Waals surface area (Å²) in [5.74, 6) is 0. The topological polar surface area (TPSA) is 25.8 Å². The molecule has 0 spiro atoms. The van der Waals surface area contributed by atoms with E-state index >= 15 is 0 Å². The number of hydrogen-bond donors (Lipinski definition) is 0. The molecule has 97 valence electrons. The minimum absolute atomic E-state index is 0.717. The lowest BCUT2D eigenvalue weighted by Crippen LogP contribution is -1.93. The molecule has 3 rings (SSSR count). The maximum absolute atomic E-state index is 5.94. The lowest BCUT2D eigenvalue weighted by atomic mass is 9.98. The number of halogens is 1. The monoisotopic (exact) mass is 279 g/mol. The van der Waals surface area contributed by atoms with Crippen LogP contribution >= 0.6 is 11.6 Å². The van der Waals surface area contributed by atoms with Crippen molar-refractivity contribution in [2.45, 2.75) is 6.92 Å². The van der Waals surface area contributed by atoms with Crippen LogP contribution in [0.1, 0.15) is 5.56 Å². The smallest absolute Gasteiger partial charge is 0.198 e. The van der Waals surface area contributed by atoms with E-state index in [4.69, 9.17) is 11.6 Å². The zero-order valence-corrected chi connectivity index (χ0v) is 11.7. The highest BCUT2D eigenvalue weighted by Gasteiger charge is 2.10. The van der Waals surface area contributed by atoms with Crippen molar-refractivity contribution >= 4 is 11.6 Å². The van der Waals surface area contributed by atoms with Crippen molar-refractivity contribution in [1.82, 2.24) is 9.97 Å². The summed E-state index contributed by atoms with van der Waals surface area (Å²) in [5, 5.41) is 0.717. The zero-order chi connectivity index (χ0) is 13.9. The molecule has 0 fully saturated rings. The van der Waals surface area contributed by atoms with Gasteiger partial charge in [-0.2, -0.15) is 0 Å². The predicted octanol–water partition coefficient (Wildman–Crippen LogP) is 4.57. The summed E-state index contributed by atoms with van der Waals surface area (Å²) in [6.45, 7) is 2.07. The number of aryl methyl sites for hydroxylation is 1. The van der Waals surface area contributed by atoms with Crippen LogP contribution in [0.5, 0.6) is 0 Å². The van der Waals surface area contributed by atoms with E-state index in [2.05, 4.69) is 35.4 Å². The molecule has 3 aromatic rings. The second kappa shape index (κ2) is 5.43. The molecule has 0 aliphatic rings. The summed E-state index contributed by atoms with van der Waals surface area (Å²) in [6, 6.07) is 15.9. The maximum atomic E-state index is 5.94. The number of hydrogen-bond acceptors (Lipinski definition) is 2. The van der Waals surface area contributed by atoms with E-state index in [1.165, 1.54) is 5.56 Å². The Balaban J connectivity index is 2.19. The van der Waals surface area contributed by atoms with Gasteiger partial charge in [-0.05, 0) is 30.2 Å². The lowest BCUT2D eigenvalue weighted by Gasteiger charge is -2.10. The SMILES string of the molecule is Cc1ccccc1-c1n[c]ncc1-c1ccc(Cl)cc1. The first-order valence-corrected chi connectivity index (χ1v) is 6.68. The van der Waals surface area contributed by atoms with Gasteiger partial charge in [0.2, 0.25) is 0 Å². The molecular weight excluding hydrogens is 268 g/mol. The fraction of sp³-hybridized carbons (Fsp3) is 0.0588. The van der Waals surface area contributed by atoms with Crippen LogP contribution in [0.15, 0.2) is 54.7 Å². The molecule has 0 unspecified atom stereocenters. The number of rotatable bonds is 2. The van der Waals surface area contributed by atoms with Crippen LogP contribution in [-0.4, -0.2) is 9.97 Å². The van der Waals surface area contributed by atoms with Crippen LogP contribution in [0.3, 0.4) is 0 Å². The first-order chi connectivity index (χ1) is 9.75. The molecule has 2 nitrogen and oxygen atoms in total. The molecule has 0 saturated heterocycles. The van der Waals surface area contributed by atoms with Gasteiger partial charge in [-0.15, -0.1) is 0 Å². The third-order valence-corrected chi connectivity index (χ3v) is 3.48. The third kappa shape index (κ3) is 2.43. The fourth-order valence-corrected chi connectivity index (χ4v) is 2.30. The van der Waals surface area contributed by atoms with Gasteiger partial charge in [-0.25, -0.2) is 9.97 Å². The van der Waals surface area contributed by atoms with E-state index in [0.29, 0.717) is 0 Å². The first-order valence-electron chi connectivity index (χ1n) is 6.31. The molecule has 0 saturated carbocycles. The zero-order valence-electron chi connectivity index (χ0n) is 11.0. The average molecular weight is 280 g/mol. The van der Waals surface area contributed by atoms with Crippen molar-refractivity contribution in [3.05, 3.63) is 71.6 Å². The highest BCUT2D eigenvalue weighted by molar-refractivity contribution is 6.30. The largest absolute Gasteiger partial charge is 0.233 e. The van der Waals surface area contributed by atoms with E-state index in [9.17, 15) is 0 Å². The van der Waals surface area contributed by atoms with Gasteiger partial charge in [0.05, 0.1) is 5.69 Å². The lowest BCUT2D eigenvalue weighted by molar-refractivity contribution is 1.15. The van der Waals surface area contributed by atoms with E-state index < -0.39 is 0 Å². The fourth-order valence-electron chi connectivity index (χ4n) is 2.18. The molecule has 0 atom stereocenters. The van der Waals surface area contributed by atoms with E-state index in [1.807, 2.05) is 36.4 Å². The van der Waals surface area contributed by atoms with Gasteiger partial charge in [-0.1, -0.05) is 48.0 Å². The summed E-state index contributed by atoms with van der Waals surface area (Å²) in [4.78, 5) is 8.37. The van der Waals surface area contributed by atoms with Gasteiger partial charge >= 0.3 is 0 Å². The normalized spacial score (nSPS) is 10.5. The second-order valence-corrected chi connectivity index (χ2v) is 4.99. The quantitative estimate of drug-likeness (QED) is 0.686. The summed E-state index contributed by atoms with van der Waals surface area (Å²) in [6.07, 6.45) is 4.47. The Morgan fingerprint density at radius 2 is 1.70 bits per heavy atom. The van der Waals surface area contributed by atoms with Crippen molar-refractivity contribution < 1.29 is 0 Å². The number of benzene rings is 2. The highest BCUT2D eigenvalue weighted by atomic mass is 35.5. The molecule has 1 radical (unpaired) electrons. The number of aromatic nitrogens is 2. The molecule has 1 heterocycles. The molecule has 0 bridgehead atoms. The second-order valence-electron chi connectivity index (χ2n) is 4.55. The molecule has 2 aromatic carbocycles. The summed E-state index contributed by atoms with van der Waals surface area (Å²) in [7, 11) is 0. The van der Waals surface area contributed by atoms with Crippen LogP contribution in [0, 0.1) is 13.3 Å². The van der Waals surface area contributed by atoms with Gasteiger partial charge in [0, 0.05) is 22.3 Å². The molecule has 1 aromatic heterocycles. The van der Waals surface area contributed by atoms with Crippen LogP contribution in [0.2, 0.25) is 5.02 Å². The molecule has 0 aliphatic heterocycles. The molecule has 20 heavy (non-hydrogen) atoms. The molecule has 0 aliphatic carbocycles. The van der Waals surface area contributed by atoms with Crippen LogP contribution in [0.4, 0.5) is 0 Å². The first kappa shape index (κ1) is 12.8. The Bertz CT molecular complexity index is 736. The molecule has 3 heteroatoms. The summed E-state index contributed by atoms with van der Waals surface area (Å²) < 4.78 is 0. The Morgan fingerprint density at radius 3 is 2.45 bits per heavy atom. The van der Waals surface area contributed by atoms with Gasteiger partial charge in [0.15, 0.2) is 6.33 Å². The van der Waals surface area contributed by atoms with E-state index in [1.54, 1.807) is 6.20 Å². The van der Waals surface area contributed by atoms with Crippen LogP contribution < -0.4 is 0 Å². The highest BCUT2D eigenvalue weighted by Crippen LogP contribution is 2.31. The van der Waals surface area contributed by atoms with Crippen LogP contribution in [0.25, 0.3) is 22.4 Å². The van der Waals surface area contributed by atoms with Gasteiger partial charge in [0.25, 0.3) is 0 Å². The Labute approximate surface area is 123 Å². The number of nitrogens with zero attached hydrogens (tertiary/aromatic N) is 2. The van der Waals surface area contributed by atoms with E-state index in [0.717, 1.165) is 27.4 Å².